The summed E-state index contributed by atoms with van der Waals surface area (Å²) in [6.07, 6.45) is 46.9. The van der Waals surface area contributed by atoms with Crippen LogP contribution in [0.15, 0.2) is 48.6 Å². The summed E-state index contributed by atoms with van der Waals surface area (Å²) in [6, 6.07) is 0. The molecule has 1 atom stereocenters. The minimum absolute atomic E-state index is 0.0365. The zero-order chi connectivity index (χ0) is 32.2. The van der Waals surface area contributed by atoms with E-state index < -0.39 is 5.97 Å². The lowest BCUT2D eigenvalue weighted by Gasteiger charge is -2.18. The molecule has 0 spiro atoms. The minimum atomic E-state index is -0.706. The largest absolute Gasteiger partial charge is 0.481 e. The van der Waals surface area contributed by atoms with Gasteiger partial charge in [0.05, 0.1) is 0 Å². The third kappa shape index (κ3) is 34.4. The summed E-state index contributed by atoms with van der Waals surface area (Å²) in [5.41, 5.74) is 0. The zero-order valence-corrected chi connectivity index (χ0v) is 29.0. The van der Waals surface area contributed by atoms with Crippen LogP contribution in [0.25, 0.3) is 0 Å². The van der Waals surface area contributed by atoms with Gasteiger partial charge in [-0.15, -0.1) is 0 Å². The van der Waals surface area contributed by atoms with Gasteiger partial charge in [0.1, 0.15) is 6.10 Å². The topological polar surface area (TPSA) is 63.6 Å². The quantitative estimate of drug-likeness (QED) is 0.0454. The fraction of sp³-hybridized carbons (Fsp3) is 0.750. The van der Waals surface area contributed by atoms with Gasteiger partial charge in [0, 0.05) is 12.8 Å². The molecule has 0 amide bonds. The minimum Gasteiger partial charge on any atom is -0.481 e. The van der Waals surface area contributed by atoms with E-state index in [9.17, 15) is 9.59 Å². The number of carboxylic acids is 1. The first-order valence-electron chi connectivity index (χ1n) is 18.6. The van der Waals surface area contributed by atoms with Crippen LogP contribution in [0.5, 0.6) is 0 Å². The predicted octanol–water partition coefficient (Wildman–Crippen LogP) is 12.8. The number of aliphatic carboxylic acids is 1. The summed E-state index contributed by atoms with van der Waals surface area (Å²) in [4.78, 5) is 23.3. The molecule has 0 saturated carbocycles. The molecular formula is C40H70O4. The zero-order valence-electron chi connectivity index (χ0n) is 29.0. The molecule has 0 heterocycles. The van der Waals surface area contributed by atoms with Crippen LogP contribution in [0.1, 0.15) is 187 Å². The van der Waals surface area contributed by atoms with E-state index in [2.05, 4.69) is 62.5 Å². The van der Waals surface area contributed by atoms with Crippen LogP contribution in [-0.4, -0.2) is 23.1 Å². The summed E-state index contributed by atoms with van der Waals surface area (Å²) in [7, 11) is 0. The molecule has 0 aliphatic carbocycles. The first kappa shape index (κ1) is 41.9. The molecule has 4 heteroatoms. The Morgan fingerprint density at radius 2 is 0.955 bits per heavy atom. The Labute approximate surface area is 272 Å². The van der Waals surface area contributed by atoms with Gasteiger partial charge in [0.2, 0.25) is 0 Å². The van der Waals surface area contributed by atoms with Gasteiger partial charge in [0.15, 0.2) is 0 Å². The maximum atomic E-state index is 12.6. The second-order valence-corrected chi connectivity index (χ2v) is 12.4. The van der Waals surface area contributed by atoms with Crippen molar-refractivity contribution in [1.82, 2.24) is 0 Å². The first-order chi connectivity index (χ1) is 21.6. The number of esters is 1. The third-order valence-electron chi connectivity index (χ3n) is 8.07. The van der Waals surface area contributed by atoms with Gasteiger partial charge < -0.3 is 9.84 Å². The van der Waals surface area contributed by atoms with Crippen molar-refractivity contribution in [3.05, 3.63) is 48.6 Å². The highest BCUT2D eigenvalue weighted by atomic mass is 16.5. The van der Waals surface area contributed by atoms with Crippen molar-refractivity contribution in [1.29, 1.82) is 0 Å². The van der Waals surface area contributed by atoms with Crippen LogP contribution in [0, 0.1) is 0 Å². The number of allylic oxidation sites excluding steroid dienone is 8. The molecule has 0 saturated heterocycles. The molecule has 1 unspecified atom stereocenters. The van der Waals surface area contributed by atoms with E-state index in [0.717, 1.165) is 96.3 Å². The molecule has 44 heavy (non-hydrogen) atoms. The van der Waals surface area contributed by atoms with Crippen LogP contribution in [-0.2, 0) is 14.3 Å². The fourth-order valence-electron chi connectivity index (χ4n) is 5.35. The van der Waals surface area contributed by atoms with Crippen LogP contribution in [0.2, 0.25) is 0 Å². The summed E-state index contributed by atoms with van der Waals surface area (Å²) < 4.78 is 5.97. The number of carboxylic acid groups (broad SMARTS) is 1. The predicted molar refractivity (Wildman–Crippen MR) is 190 cm³/mol. The summed E-state index contributed by atoms with van der Waals surface area (Å²) in [5, 5.41) is 8.80. The number of carbonyl (C=O) groups is 2. The summed E-state index contributed by atoms with van der Waals surface area (Å²) in [5.74, 6) is -0.743. The van der Waals surface area contributed by atoms with E-state index in [4.69, 9.17) is 9.84 Å². The fourth-order valence-corrected chi connectivity index (χ4v) is 5.35. The van der Waals surface area contributed by atoms with Crippen LogP contribution >= 0.6 is 0 Å². The Hall–Kier alpha value is -2.10. The molecule has 0 fully saturated rings. The van der Waals surface area contributed by atoms with E-state index in [-0.39, 0.29) is 18.5 Å². The number of rotatable bonds is 33. The second kappa shape index (κ2) is 35.4. The molecule has 0 radical (unpaired) electrons. The molecule has 1 N–H and O–H groups in total. The Bertz CT molecular complexity index is 748. The Morgan fingerprint density at radius 3 is 1.45 bits per heavy atom. The molecular weight excluding hydrogens is 544 g/mol. The maximum absolute atomic E-state index is 12.6. The van der Waals surface area contributed by atoms with Crippen LogP contribution in [0.3, 0.4) is 0 Å². The highest BCUT2D eigenvalue weighted by molar-refractivity contribution is 5.69. The third-order valence-corrected chi connectivity index (χ3v) is 8.07. The first-order valence-corrected chi connectivity index (χ1v) is 18.6. The van der Waals surface area contributed by atoms with Gasteiger partial charge in [-0.25, -0.2) is 0 Å². The molecule has 4 nitrogen and oxygen atoms in total. The van der Waals surface area contributed by atoms with Gasteiger partial charge >= 0.3 is 11.9 Å². The Morgan fingerprint density at radius 1 is 0.523 bits per heavy atom. The molecule has 0 aliphatic rings. The summed E-state index contributed by atoms with van der Waals surface area (Å²) >= 11 is 0. The summed E-state index contributed by atoms with van der Waals surface area (Å²) in [6.45, 7) is 4.42. The number of carbonyl (C=O) groups excluding carboxylic acids is 1. The van der Waals surface area contributed by atoms with Crippen molar-refractivity contribution in [3.63, 3.8) is 0 Å². The van der Waals surface area contributed by atoms with E-state index in [1.54, 1.807) is 0 Å². The average molecular weight is 615 g/mol. The van der Waals surface area contributed by atoms with Gasteiger partial charge in [-0.3, -0.25) is 9.59 Å². The molecule has 0 aromatic carbocycles. The lowest BCUT2D eigenvalue weighted by atomic mass is 10.0. The maximum Gasteiger partial charge on any atom is 0.306 e. The smallest absolute Gasteiger partial charge is 0.306 e. The van der Waals surface area contributed by atoms with Gasteiger partial charge in [-0.05, 0) is 77.0 Å². The van der Waals surface area contributed by atoms with Gasteiger partial charge in [-0.2, -0.15) is 0 Å². The van der Waals surface area contributed by atoms with Crippen molar-refractivity contribution in [2.45, 2.75) is 193 Å². The molecule has 0 aromatic heterocycles. The number of unbranched alkanes of at least 4 members (excludes halogenated alkanes) is 16. The molecule has 0 bridgehead atoms. The van der Waals surface area contributed by atoms with E-state index in [1.807, 2.05) is 0 Å². The lowest BCUT2D eigenvalue weighted by molar-refractivity contribution is -0.150. The van der Waals surface area contributed by atoms with Crippen molar-refractivity contribution in [3.8, 4) is 0 Å². The molecule has 254 valence electrons. The van der Waals surface area contributed by atoms with Gasteiger partial charge in [-0.1, -0.05) is 146 Å². The molecule has 0 aromatic rings. The normalized spacial score (nSPS) is 12.8. The van der Waals surface area contributed by atoms with Crippen molar-refractivity contribution in [2.24, 2.45) is 0 Å². The monoisotopic (exact) mass is 615 g/mol. The number of hydrogen-bond acceptors (Lipinski definition) is 3. The highest BCUT2D eigenvalue weighted by Gasteiger charge is 2.14. The van der Waals surface area contributed by atoms with E-state index in [0.29, 0.717) is 6.42 Å². The SMILES string of the molecule is CC/C=C\C/C=C\C/C=C\C/C=C\CCCCC(=O)OC(CCCCCCCCCCCCC)CCCCCCCC(=O)O. The van der Waals surface area contributed by atoms with Crippen LogP contribution < -0.4 is 0 Å². The molecule has 0 rings (SSSR count). The van der Waals surface area contributed by atoms with Crippen molar-refractivity contribution >= 4 is 11.9 Å². The number of hydrogen-bond donors (Lipinski definition) is 1. The standard InChI is InChI=1S/C40H70O4/c1-3-5-7-9-11-13-15-16-17-18-20-22-24-29-33-37-40(43)44-38(35-31-27-25-28-32-36-39(41)42)34-30-26-23-21-19-14-12-10-8-6-4-2/h5,7,11,13,16-17,20,22,38H,3-4,6,8-10,12,14-15,18-19,21,23-37H2,1-2H3,(H,41,42)/b7-5-,13-11-,17-16-,22-20-. The van der Waals surface area contributed by atoms with Crippen molar-refractivity contribution < 1.29 is 19.4 Å². The van der Waals surface area contributed by atoms with E-state index >= 15 is 0 Å². The Kier molecular flexibility index (Phi) is 33.7. The second-order valence-electron chi connectivity index (χ2n) is 12.4. The molecule has 0 aliphatic heterocycles. The highest BCUT2D eigenvalue weighted by Crippen LogP contribution is 2.18. The van der Waals surface area contributed by atoms with Crippen LogP contribution in [0.4, 0.5) is 0 Å². The van der Waals surface area contributed by atoms with E-state index in [1.165, 1.54) is 64.2 Å². The average Bonchev–Trinajstić information content (AvgIpc) is 3.00. The Balaban J connectivity index is 4.14. The van der Waals surface area contributed by atoms with Gasteiger partial charge in [0.25, 0.3) is 0 Å². The van der Waals surface area contributed by atoms with Crippen molar-refractivity contribution in [2.75, 3.05) is 0 Å². The number of ether oxygens (including phenoxy) is 1. The lowest BCUT2D eigenvalue weighted by Crippen LogP contribution is -2.18.